The predicted octanol–water partition coefficient (Wildman–Crippen LogP) is 3.49. The Morgan fingerprint density at radius 1 is 1.15 bits per heavy atom. The molecule has 2 aromatic carbocycles. The van der Waals surface area contributed by atoms with Crippen molar-refractivity contribution in [3.8, 4) is 16.9 Å². The van der Waals surface area contributed by atoms with Crippen LogP contribution in [0.15, 0.2) is 42.6 Å². The highest BCUT2D eigenvalue weighted by Crippen LogP contribution is 2.35. The number of nitrogens with zero attached hydrogens (tertiary/aromatic N) is 2. The fourth-order valence-electron chi connectivity index (χ4n) is 2.82. The minimum atomic E-state index is -0.143. The number of hydrogen-bond acceptors (Lipinski definition) is 5. The number of fused-ring (bicyclic) bond motifs is 1. The van der Waals surface area contributed by atoms with Crippen molar-refractivity contribution in [3.63, 3.8) is 0 Å². The van der Waals surface area contributed by atoms with E-state index in [9.17, 15) is 4.79 Å². The van der Waals surface area contributed by atoms with Gasteiger partial charge in [0.15, 0.2) is 0 Å². The van der Waals surface area contributed by atoms with Gasteiger partial charge in [-0.3, -0.25) is 4.79 Å². The summed E-state index contributed by atoms with van der Waals surface area (Å²) in [5, 5.41) is 6.75. The molecule has 0 aliphatic carbocycles. The van der Waals surface area contributed by atoms with Crippen molar-refractivity contribution in [2.75, 3.05) is 19.5 Å². The zero-order valence-corrected chi connectivity index (χ0v) is 15.3. The first-order valence-electron chi connectivity index (χ1n) is 8.46. The van der Waals surface area contributed by atoms with Crippen LogP contribution in [-0.2, 0) is 0 Å². The van der Waals surface area contributed by atoms with Gasteiger partial charge in [-0.1, -0.05) is 18.2 Å². The summed E-state index contributed by atoms with van der Waals surface area (Å²) in [5.41, 5.74) is 3.00. The second-order valence-corrected chi connectivity index (χ2v) is 6.23. The smallest absolute Gasteiger partial charge is 0.251 e. The molecule has 1 amide bonds. The Hall–Kier alpha value is -3.15. The van der Waals surface area contributed by atoms with Crippen molar-refractivity contribution in [2.24, 2.45) is 0 Å². The number of carbonyl (C=O) groups excluding carboxylic acids is 1. The monoisotopic (exact) mass is 350 g/mol. The molecule has 6 nitrogen and oxygen atoms in total. The Kier molecular flexibility index (Phi) is 5.02. The molecule has 0 saturated heterocycles. The highest BCUT2D eigenvalue weighted by atomic mass is 16.5. The van der Waals surface area contributed by atoms with E-state index in [0.717, 1.165) is 22.0 Å². The molecule has 0 fully saturated rings. The normalized spacial score (nSPS) is 10.8. The third kappa shape index (κ3) is 3.44. The van der Waals surface area contributed by atoms with Gasteiger partial charge < -0.3 is 15.4 Å². The molecule has 3 rings (SSSR count). The fourth-order valence-corrected chi connectivity index (χ4v) is 2.82. The Balaban J connectivity index is 2.17. The first kappa shape index (κ1) is 17.7. The molecule has 3 aromatic rings. The van der Waals surface area contributed by atoms with Crippen LogP contribution in [0.5, 0.6) is 5.75 Å². The highest BCUT2D eigenvalue weighted by Gasteiger charge is 2.16. The fraction of sp³-hybridized carbons (Fsp3) is 0.250. The van der Waals surface area contributed by atoms with Crippen LogP contribution in [0.2, 0.25) is 0 Å². The molecule has 0 bridgehead atoms. The second kappa shape index (κ2) is 7.39. The maximum atomic E-state index is 12.2. The van der Waals surface area contributed by atoms with E-state index in [0.29, 0.717) is 17.3 Å². The number of ether oxygens (including phenoxy) is 1. The summed E-state index contributed by atoms with van der Waals surface area (Å²) in [6, 6.07) is 11.5. The van der Waals surface area contributed by atoms with Crippen molar-refractivity contribution < 1.29 is 9.53 Å². The van der Waals surface area contributed by atoms with Crippen molar-refractivity contribution in [1.82, 2.24) is 15.3 Å². The van der Waals surface area contributed by atoms with Gasteiger partial charge in [0.25, 0.3) is 5.91 Å². The van der Waals surface area contributed by atoms with Gasteiger partial charge in [-0.2, -0.15) is 0 Å². The quantitative estimate of drug-likeness (QED) is 0.737. The summed E-state index contributed by atoms with van der Waals surface area (Å²) in [4.78, 5) is 21.2. The first-order valence-corrected chi connectivity index (χ1v) is 8.46. The van der Waals surface area contributed by atoms with E-state index in [1.807, 2.05) is 44.2 Å². The third-order valence-corrected chi connectivity index (χ3v) is 4.01. The number of anilines is 1. The minimum absolute atomic E-state index is 0.143. The SMILES string of the molecule is CNC(=O)c1ccccc1-c1cc2cnc(NC(C)C)nc2cc1OC. The zero-order chi connectivity index (χ0) is 18.7. The molecule has 2 N–H and O–H groups in total. The average Bonchev–Trinajstić information content (AvgIpc) is 2.65. The average molecular weight is 350 g/mol. The molecule has 134 valence electrons. The lowest BCUT2D eigenvalue weighted by atomic mass is 9.97. The molecule has 1 heterocycles. The van der Waals surface area contributed by atoms with E-state index in [1.165, 1.54) is 0 Å². The molecule has 0 aliphatic rings. The van der Waals surface area contributed by atoms with Crippen LogP contribution < -0.4 is 15.4 Å². The van der Waals surface area contributed by atoms with E-state index in [1.54, 1.807) is 26.4 Å². The Labute approximate surface area is 152 Å². The molecule has 26 heavy (non-hydrogen) atoms. The lowest BCUT2D eigenvalue weighted by Gasteiger charge is -2.14. The van der Waals surface area contributed by atoms with Crippen molar-refractivity contribution in [1.29, 1.82) is 0 Å². The number of carbonyl (C=O) groups is 1. The van der Waals surface area contributed by atoms with Crippen LogP contribution in [0.25, 0.3) is 22.0 Å². The summed E-state index contributed by atoms with van der Waals surface area (Å²) >= 11 is 0. The van der Waals surface area contributed by atoms with E-state index in [4.69, 9.17) is 4.74 Å². The van der Waals surface area contributed by atoms with Crippen molar-refractivity contribution in [3.05, 3.63) is 48.2 Å². The first-order chi connectivity index (χ1) is 12.5. The van der Waals surface area contributed by atoms with Gasteiger partial charge in [0, 0.05) is 41.9 Å². The van der Waals surface area contributed by atoms with E-state index < -0.39 is 0 Å². The molecular weight excluding hydrogens is 328 g/mol. The Bertz CT molecular complexity index is 954. The van der Waals surface area contributed by atoms with Crippen molar-refractivity contribution >= 4 is 22.8 Å². The van der Waals surface area contributed by atoms with E-state index in [2.05, 4.69) is 20.6 Å². The number of aromatic nitrogens is 2. The predicted molar refractivity (Wildman–Crippen MR) is 104 cm³/mol. The topological polar surface area (TPSA) is 76.1 Å². The number of benzene rings is 2. The summed E-state index contributed by atoms with van der Waals surface area (Å²) < 4.78 is 5.58. The number of hydrogen-bond donors (Lipinski definition) is 2. The van der Waals surface area contributed by atoms with Crippen LogP contribution in [0.3, 0.4) is 0 Å². The minimum Gasteiger partial charge on any atom is -0.496 e. The summed E-state index contributed by atoms with van der Waals surface area (Å²) in [7, 11) is 3.23. The van der Waals surface area contributed by atoms with E-state index in [-0.39, 0.29) is 11.9 Å². The van der Waals surface area contributed by atoms with Gasteiger partial charge in [-0.15, -0.1) is 0 Å². The van der Waals surface area contributed by atoms with Crippen LogP contribution in [0.4, 0.5) is 5.95 Å². The second-order valence-electron chi connectivity index (χ2n) is 6.23. The molecule has 0 atom stereocenters. The molecule has 0 saturated carbocycles. The summed E-state index contributed by atoms with van der Waals surface area (Å²) in [6.07, 6.45) is 1.78. The van der Waals surface area contributed by atoms with Crippen LogP contribution in [0.1, 0.15) is 24.2 Å². The Morgan fingerprint density at radius 2 is 1.92 bits per heavy atom. The molecule has 6 heteroatoms. The molecule has 0 unspecified atom stereocenters. The molecular formula is C20H22N4O2. The number of nitrogens with one attached hydrogen (secondary N) is 2. The van der Waals surface area contributed by atoms with Gasteiger partial charge in [-0.05, 0) is 31.5 Å². The lowest BCUT2D eigenvalue weighted by Crippen LogP contribution is -2.18. The number of amides is 1. The third-order valence-electron chi connectivity index (χ3n) is 4.01. The maximum absolute atomic E-state index is 12.2. The summed E-state index contributed by atoms with van der Waals surface area (Å²) in [5.74, 6) is 1.09. The van der Waals surface area contributed by atoms with Gasteiger partial charge in [-0.25, -0.2) is 9.97 Å². The van der Waals surface area contributed by atoms with E-state index >= 15 is 0 Å². The van der Waals surface area contributed by atoms with Crippen LogP contribution >= 0.6 is 0 Å². The number of rotatable bonds is 5. The molecule has 0 radical (unpaired) electrons. The molecule has 0 spiro atoms. The van der Waals surface area contributed by atoms with Crippen LogP contribution in [0, 0.1) is 0 Å². The van der Waals surface area contributed by atoms with Gasteiger partial charge in [0.2, 0.25) is 5.95 Å². The number of methoxy groups -OCH3 is 1. The van der Waals surface area contributed by atoms with Gasteiger partial charge in [0.05, 0.1) is 12.6 Å². The largest absolute Gasteiger partial charge is 0.496 e. The Morgan fingerprint density at radius 3 is 2.62 bits per heavy atom. The molecule has 0 aliphatic heterocycles. The van der Waals surface area contributed by atoms with Gasteiger partial charge in [0.1, 0.15) is 5.75 Å². The van der Waals surface area contributed by atoms with Gasteiger partial charge >= 0.3 is 0 Å². The summed E-state index contributed by atoms with van der Waals surface area (Å²) in [6.45, 7) is 4.07. The maximum Gasteiger partial charge on any atom is 0.251 e. The van der Waals surface area contributed by atoms with Crippen LogP contribution in [-0.4, -0.2) is 36.1 Å². The lowest BCUT2D eigenvalue weighted by molar-refractivity contribution is 0.0963. The zero-order valence-electron chi connectivity index (χ0n) is 15.3. The highest BCUT2D eigenvalue weighted by molar-refractivity contribution is 6.02. The van der Waals surface area contributed by atoms with Crippen molar-refractivity contribution in [2.45, 2.75) is 19.9 Å². The molecule has 1 aromatic heterocycles. The standard InChI is InChI=1S/C20H22N4O2/c1-12(2)23-20-22-11-13-9-16(18(26-4)10-17(13)24-20)14-7-5-6-8-15(14)19(25)21-3/h5-12H,1-4H3,(H,21,25)(H,22,23,24).